The van der Waals surface area contributed by atoms with Crippen molar-refractivity contribution in [2.45, 2.75) is 38.8 Å². The van der Waals surface area contributed by atoms with Crippen molar-refractivity contribution in [2.24, 2.45) is 11.8 Å². The molecule has 0 aromatic heterocycles. The van der Waals surface area contributed by atoms with Crippen molar-refractivity contribution in [1.29, 1.82) is 0 Å². The molecule has 0 radical (unpaired) electrons. The van der Waals surface area contributed by atoms with Gasteiger partial charge in [0.2, 0.25) is 0 Å². The van der Waals surface area contributed by atoms with Crippen molar-refractivity contribution in [1.82, 2.24) is 9.80 Å². The summed E-state index contributed by atoms with van der Waals surface area (Å²) in [7, 11) is 0. The first-order valence-corrected chi connectivity index (χ1v) is 6.88. The molecule has 0 aliphatic carbocycles. The Kier molecular flexibility index (Phi) is 3.99. The highest BCUT2D eigenvalue weighted by atomic mass is 16.4. The van der Waals surface area contributed by atoms with Crippen LogP contribution in [0.15, 0.2) is 0 Å². The Morgan fingerprint density at radius 2 is 1.84 bits per heavy atom. The summed E-state index contributed by atoms with van der Waals surface area (Å²) >= 11 is 0. The van der Waals surface area contributed by atoms with Crippen LogP contribution in [0.25, 0.3) is 0 Å². The summed E-state index contributed by atoms with van der Waals surface area (Å²) in [5.74, 6) is -1.10. The number of carboxylic acid groups (broad SMARTS) is 1. The average Bonchev–Trinajstić information content (AvgIpc) is 2.74. The molecule has 6 heteroatoms. The number of aliphatic hydroxyl groups is 1. The number of amides is 2. The molecule has 4 atom stereocenters. The number of nitrogens with zero attached hydrogens (tertiary/aromatic N) is 2. The zero-order valence-corrected chi connectivity index (χ0v) is 11.5. The Labute approximate surface area is 113 Å². The van der Waals surface area contributed by atoms with Gasteiger partial charge in [0.25, 0.3) is 0 Å². The molecular weight excluding hydrogens is 248 g/mol. The Balaban J connectivity index is 1.99. The molecule has 0 spiro atoms. The SMILES string of the molecule is CC1CCN(C(=O)N2CCC(C(=O)O)C2C)CC1O. The molecule has 0 bridgehead atoms. The van der Waals surface area contributed by atoms with Crippen molar-refractivity contribution >= 4 is 12.0 Å². The van der Waals surface area contributed by atoms with Gasteiger partial charge in [0.05, 0.1) is 12.0 Å². The maximum atomic E-state index is 12.4. The van der Waals surface area contributed by atoms with Crippen LogP contribution in [-0.2, 0) is 4.79 Å². The molecule has 2 rings (SSSR count). The molecule has 0 aromatic rings. The number of carboxylic acids is 1. The predicted octanol–water partition coefficient (Wildman–Crippen LogP) is 0.604. The molecule has 6 nitrogen and oxygen atoms in total. The minimum atomic E-state index is -0.838. The Bertz CT molecular complexity index is 374. The third-order valence-corrected chi connectivity index (χ3v) is 4.51. The molecule has 108 valence electrons. The van der Waals surface area contributed by atoms with Gasteiger partial charge in [0, 0.05) is 25.7 Å². The van der Waals surface area contributed by atoms with E-state index >= 15 is 0 Å². The third kappa shape index (κ3) is 2.68. The van der Waals surface area contributed by atoms with Gasteiger partial charge in [-0.05, 0) is 25.7 Å². The van der Waals surface area contributed by atoms with Crippen molar-refractivity contribution in [3.63, 3.8) is 0 Å². The number of carbonyl (C=O) groups is 2. The summed E-state index contributed by atoms with van der Waals surface area (Å²) in [6.07, 6.45) is 0.817. The number of β-amino-alcohol motifs (C(OH)–C–C–N with tert-alkyl or cyclic N) is 1. The summed E-state index contributed by atoms with van der Waals surface area (Å²) in [5, 5.41) is 18.9. The van der Waals surface area contributed by atoms with Gasteiger partial charge in [0.15, 0.2) is 0 Å². The van der Waals surface area contributed by atoms with E-state index in [-0.39, 0.29) is 18.0 Å². The van der Waals surface area contributed by atoms with Crippen LogP contribution in [0.4, 0.5) is 4.79 Å². The quantitative estimate of drug-likeness (QED) is 0.731. The van der Waals surface area contributed by atoms with Gasteiger partial charge in [-0.25, -0.2) is 4.79 Å². The maximum Gasteiger partial charge on any atom is 0.320 e. The first kappa shape index (κ1) is 14.1. The second kappa shape index (κ2) is 5.36. The molecule has 2 aliphatic heterocycles. The van der Waals surface area contributed by atoms with E-state index in [0.29, 0.717) is 26.1 Å². The molecule has 2 N–H and O–H groups in total. The summed E-state index contributed by atoms with van der Waals surface area (Å²) in [4.78, 5) is 26.7. The fourth-order valence-electron chi connectivity index (χ4n) is 2.94. The lowest BCUT2D eigenvalue weighted by Crippen LogP contribution is -2.52. The highest BCUT2D eigenvalue weighted by Gasteiger charge is 2.40. The lowest BCUT2D eigenvalue weighted by Gasteiger charge is -2.37. The lowest BCUT2D eigenvalue weighted by atomic mass is 9.96. The van der Waals surface area contributed by atoms with Crippen LogP contribution in [-0.4, -0.2) is 63.8 Å². The van der Waals surface area contributed by atoms with E-state index in [1.54, 1.807) is 16.7 Å². The highest BCUT2D eigenvalue weighted by Crippen LogP contribution is 2.27. The van der Waals surface area contributed by atoms with E-state index in [1.807, 2.05) is 6.92 Å². The number of likely N-dealkylation sites (tertiary alicyclic amines) is 2. The van der Waals surface area contributed by atoms with Gasteiger partial charge in [-0.2, -0.15) is 0 Å². The molecular formula is C13H22N2O4. The smallest absolute Gasteiger partial charge is 0.320 e. The standard InChI is InChI=1S/C13H22N2O4/c1-8-3-5-14(7-11(8)16)13(19)15-6-4-10(9(15)2)12(17)18/h8-11,16H,3-7H2,1-2H3,(H,17,18). The van der Waals surface area contributed by atoms with Gasteiger partial charge in [-0.1, -0.05) is 6.92 Å². The number of aliphatic carboxylic acids is 1. The van der Waals surface area contributed by atoms with E-state index in [2.05, 4.69) is 0 Å². The molecule has 2 saturated heterocycles. The summed E-state index contributed by atoms with van der Waals surface area (Å²) in [5.41, 5.74) is 0. The van der Waals surface area contributed by atoms with Gasteiger partial charge in [-0.15, -0.1) is 0 Å². The highest BCUT2D eigenvalue weighted by molar-refractivity contribution is 5.78. The summed E-state index contributed by atoms with van der Waals surface area (Å²) in [6, 6.07) is -0.413. The fourth-order valence-corrected chi connectivity index (χ4v) is 2.94. The number of urea groups is 1. The van der Waals surface area contributed by atoms with Gasteiger partial charge in [-0.3, -0.25) is 4.79 Å². The molecule has 2 fully saturated rings. The minimum Gasteiger partial charge on any atom is -0.481 e. The van der Waals surface area contributed by atoms with Crippen LogP contribution < -0.4 is 0 Å². The van der Waals surface area contributed by atoms with Crippen LogP contribution in [0.5, 0.6) is 0 Å². The monoisotopic (exact) mass is 270 g/mol. The van der Waals surface area contributed by atoms with E-state index in [1.165, 1.54) is 0 Å². The molecule has 0 saturated carbocycles. The number of rotatable bonds is 1. The zero-order chi connectivity index (χ0) is 14.2. The average molecular weight is 270 g/mol. The topological polar surface area (TPSA) is 81.1 Å². The van der Waals surface area contributed by atoms with Gasteiger partial charge in [0.1, 0.15) is 0 Å². The van der Waals surface area contributed by atoms with Crippen LogP contribution in [0.2, 0.25) is 0 Å². The Morgan fingerprint density at radius 3 is 2.37 bits per heavy atom. The first-order valence-electron chi connectivity index (χ1n) is 6.88. The van der Waals surface area contributed by atoms with Crippen LogP contribution in [0, 0.1) is 11.8 Å². The van der Waals surface area contributed by atoms with Crippen molar-refractivity contribution < 1.29 is 19.8 Å². The first-order chi connectivity index (χ1) is 8.91. The maximum absolute atomic E-state index is 12.4. The third-order valence-electron chi connectivity index (χ3n) is 4.51. The largest absolute Gasteiger partial charge is 0.481 e. The molecule has 19 heavy (non-hydrogen) atoms. The predicted molar refractivity (Wildman–Crippen MR) is 68.7 cm³/mol. The second-order valence-electron chi connectivity index (χ2n) is 5.73. The van der Waals surface area contributed by atoms with E-state index in [0.717, 1.165) is 6.42 Å². The Hall–Kier alpha value is -1.30. The number of hydrogen-bond donors (Lipinski definition) is 2. The van der Waals surface area contributed by atoms with Crippen molar-refractivity contribution in [3.8, 4) is 0 Å². The minimum absolute atomic E-state index is 0.137. The van der Waals surface area contributed by atoms with Crippen molar-refractivity contribution in [3.05, 3.63) is 0 Å². The summed E-state index contributed by atoms with van der Waals surface area (Å²) in [6.45, 7) is 5.23. The summed E-state index contributed by atoms with van der Waals surface area (Å²) < 4.78 is 0. The molecule has 2 aliphatic rings. The van der Waals surface area contributed by atoms with E-state index < -0.39 is 18.0 Å². The second-order valence-corrected chi connectivity index (χ2v) is 5.73. The van der Waals surface area contributed by atoms with Crippen LogP contribution >= 0.6 is 0 Å². The zero-order valence-electron chi connectivity index (χ0n) is 11.5. The van der Waals surface area contributed by atoms with Crippen molar-refractivity contribution in [2.75, 3.05) is 19.6 Å². The van der Waals surface area contributed by atoms with Crippen LogP contribution in [0.1, 0.15) is 26.7 Å². The lowest BCUT2D eigenvalue weighted by molar-refractivity contribution is -0.142. The van der Waals surface area contributed by atoms with Crippen LogP contribution in [0.3, 0.4) is 0 Å². The molecule has 2 heterocycles. The molecule has 2 amide bonds. The van der Waals surface area contributed by atoms with E-state index in [9.17, 15) is 14.7 Å². The number of carbonyl (C=O) groups excluding carboxylic acids is 1. The fraction of sp³-hybridized carbons (Fsp3) is 0.846. The number of hydrogen-bond acceptors (Lipinski definition) is 3. The van der Waals surface area contributed by atoms with Gasteiger partial charge >= 0.3 is 12.0 Å². The number of aliphatic hydroxyl groups excluding tert-OH is 1. The van der Waals surface area contributed by atoms with Gasteiger partial charge < -0.3 is 20.0 Å². The Morgan fingerprint density at radius 1 is 1.16 bits per heavy atom. The number of piperidine rings is 1. The molecule has 4 unspecified atom stereocenters. The molecule has 0 aromatic carbocycles. The van der Waals surface area contributed by atoms with E-state index in [4.69, 9.17) is 5.11 Å². The normalized spacial score (nSPS) is 35.5.